The maximum absolute atomic E-state index is 11.8. The molecule has 102 valence electrons. The second-order valence-corrected chi connectivity index (χ2v) is 5.63. The largest absolute Gasteiger partial charge is 0.468 e. The topological polar surface area (TPSA) is 51.2 Å². The molecule has 1 rings (SSSR count). The molecule has 0 bridgehead atoms. The average molecular weight is 270 g/mol. The standard InChI is InChI=1S/C13H22N2O2S/c1-6-8(2)12(13(16)17-5)14-9(3)11-7-18-10(4)15-11/h7-9,12,14H,6H2,1-5H3. The van der Waals surface area contributed by atoms with Crippen molar-refractivity contribution in [3.63, 3.8) is 0 Å². The van der Waals surface area contributed by atoms with Gasteiger partial charge in [-0.25, -0.2) is 4.98 Å². The maximum Gasteiger partial charge on any atom is 0.323 e. The van der Waals surface area contributed by atoms with E-state index in [2.05, 4.69) is 17.2 Å². The van der Waals surface area contributed by atoms with Crippen LogP contribution in [-0.4, -0.2) is 24.1 Å². The van der Waals surface area contributed by atoms with E-state index < -0.39 is 0 Å². The number of aryl methyl sites for hydroxylation is 1. The van der Waals surface area contributed by atoms with Crippen LogP contribution in [0.5, 0.6) is 0 Å². The van der Waals surface area contributed by atoms with E-state index in [1.807, 2.05) is 26.2 Å². The van der Waals surface area contributed by atoms with Crippen molar-refractivity contribution in [2.45, 2.75) is 46.2 Å². The molecule has 3 atom stereocenters. The molecule has 0 aliphatic carbocycles. The minimum atomic E-state index is -0.281. The van der Waals surface area contributed by atoms with Crippen LogP contribution in [0.4, 0.5) is 0 Å². The highest BCUT2D eigenvalue weighted by atomic mass is 32.1. The molecule has 0 aliphatic heterocycles. The number of nitrogens with zero attached hydrogens (tertiary/aromatic N) is 1. The highest BCUT2D eigenvalue weighted by Gasteiger charge is 2.27. The molecule has 0 radical (unpaired) electrons. The molecule has 1 heterocycles. The van der Waals surface area contributed by atoms with Gasteiger partial charge in [0.25, 0.3) is 0 Å². The first-order valence-electron chi connectivity index (χ1n) is 6.25. The van der Waals surface area contributed by atoms with Crippen LogP contribution in [0.15, 0.2) is 5.38 Å². The molecule has 0 aromatic carbocycles. The number of nitrogens with one attached hydrogen (secondary N) is 1. The normalized spacial score (nSPS) is 16.1. The Hall–Kier alpha value is -0.940. The van der Waals surface area contributed by atoms with Gasteiger partial charge < -0.3 is 4.74 Å². The van der Waals surface area contributed by atoms with Crippen molar-refractivity contribution >= 4 is 17.3 Å². The summed E-state index contributed by atoms with van der Waals surface area (Å²) < 4.78 is 4.86. The molecular formula is C13H22N2O2S. The lowest BCUT2D eigenvalue weighted by atomic mass is 9.98. The quantitative estimate of drug-likeness (QED) is 0.807. The molecule has 5 heteroatoms. The lowest BCUT2D eigenvalue weighted by Crippen LogP contribution is -2.43. The molecule has 0 saturated heterocycles. The zero-order valence-electron chi connectivity index (χ0n) is 11.7. The van der Waals surface area contributed by atoms with Crippen LogP contribution >= 0.6 is 11.3 Å². The fourth-order valence-electron chi connectivity index (χ4n) is 1.76. The third-order valence-electron chi connectivity index (χ3n) is 3.18. The summed E-state index contributed by atoms with van der Waals surface area (Å²) in [5.74, 6) is 0.0304. The zero-order valence-corrected chi connectivity index (χ0v) is 12.5. The number of hydrogen-bond donors (Lipinski definition) is 1. The number of thiazole rings is 1. The van der Waals surface area contributed by atoms with Crippen LogP contribution in [0.3, 0.4) is 0 Å². The minimum Gasteiger partial charge on any atom is -0.468 e. The fraction of sp³-hybridized carbons (Fsp3) is 0.692. The number of esters is 1. The number of carbonyl (C=O) groups is 1. The van der Waals surface area contributed by atoms with Gasteiger partial charge in [0.1, 0.15) is 6.04 Å². The van der Waals surface area contributed by atoms with Crippen molar-refractivity contribution in [2.75, 3.05) is 7.11 Å². The van der Waals surface area contributed by atoms with Gasteiger partial charge in [-0.1, -0.05) is 20.3 Å². The maximum atomic E-state index is 11.8. The smallest absolute Gasteiger partial charge is 0.323 e. The Morgan fingerprint density at radius 3 is 2.67 bits per heavy atom. The summed E-state index contributed by atoms with van der Waals surface area (Å²) in [5, 5.41) is 6.38. The third-order valence-corrected chi connectivity index (χ3v) is 3.97. The molecule has 1 aromatic heterocycles. The van der Waals surface area contributed by atoms with Crippen molar-refractivity contribution in [2.24, 2.45) is 5.92 Å². The Bertz CT molecular complexity index is 392. The van der Waals surface area contributed by atoms with Crippen LogP contribution in [0.25, 0.3) is 0 Å². The van der Waals surface area contributed by atoms with Gasteiger partial charge in [0, 0.05) is 11.4 Å². The number of ether oxygens (including phenoxy) is 1. The third kappa shape index (κ3) is 3.78. The number of aromatic nitrogens is 1. The van der Waals surface area contributed by atoms with Crippen LogP contribution in [-0.2, 0) is 9.53 Å². The summed E-state index contributed by atoms with van der Waals surface area (Å²) >= 11 is 1.62. The van der Waals surface area contributed by atoms with E-state index in [0.717, 1.165) is 17.1 Å². The highest BCUT2D eigenvalue weighted by molar-refractivity contribution is 7.09. The zero-order chi connectivity index (χ0) is 13.7. The van der Waals surface area contributed by atoms with E-state index in [-0.39, 0.29) is 24.0 Å². The van der Waals surface area contributed by atoms with Gasteiger partial charge in [0.2, 0.25) is 0 Å². The molecule has 0 spiro atoms. The van der Waals surface area contributed by atoms with Gasteiger partial charge in [0.05, 0.1) is 17.8 Å². The monoisotopic (exact) mass is 270 g/mol. The van der Waals surface area contributed by atoms with E-state index in [0.29, 0.717) is 0 Å². The number of methoxy groups -OCH3 is 1. The SMILES string of the molecule is CCC(C)C(NC(C)c1csc(C)n1)C(=O)OC. The molecular weight excluding hydrogens is 248 g/mol. The Balaban J connectivity index is 2.74. The summed E-state index contributed by atoms with van der Waals surface area (Å²) in [6, 6.07) is -0.231. The first-order chi connectivity index (χ1) is 8.49. The predicted octanol–water partition coefficient (Wildman–Crippen LogP) is 2.69. The fourth-order valence-corrected chi connectivity index (χ4v) is 2.47. The van der Waals surface area contributed by atoms with Crippen LogP contribution < -0.4 is 5.32 Å². The van der Waals surface area contributed by atoms with Gasteiger partial charge in [-0.15, -0.1) is 11.3 Å². The van der Waals surface area contributed by atoms with Gasteiger partial charge in [-0.05, 0) is 19.8 Å². The Morgan fingerprint density at radius 1 is 1.56 bits per heavy atom. The molecule has 3 unspecified atom stereocenters. The summed E-state index contributed by atoms with van der Waals surface area (Å²) in [5.41, 5.74) is 0.981. The second-order valence-electron chi connectivity index (χ2n) is 4.57. The van der Waals surface area contributed by atoms with Crippen molar-refractivity contribution in [3.05, 3.63) is 16.1 Å². The lowest BCUT2D eigenvalue weighted by Gasteiger charge is -2.25. The molecule has 0 saturated carbocycles. The van der Waals surface area contributed by atoms with Crippen LogP contribution in [0.1, 0.15) is 43.9 Å². The molecule has 1 N–H and O–H groups in total. The van der Waals surface area contributed by atoms with Crippen molar-refractivity contribution in [3.8, 4) is 0 Å². The molecule has 0 aliphatic rings. The van der Waals surface area contributed by atoms with E-state index in [1.54, 1.807) is 11.3 Å². The minimum absolute atomic E-state index is 0.0491. The number of carbonyl (C=O) groups excluding carboxylic acids is 1. The van der Waals surface area contributed by atoms with E-state index in [9.17, 15) is 4.79 Å². The highest BCUT2D eigenvalue weighted by Crippen LogP contribution is 2.19. The lowest BCUT2D eigenvalue weighted by molar-refractivity contribution is -0.144. The first-order valence-corrected chi connectivity index (χ1v) is 7.13. The van der Waals surface area contributed by atoms with Gasteiger partial charge in [-0.2, -0.15) is 0 Å². The van der Waals surface area contributed by atoms with Crippen molar-refractivity contribution < 1.29 is 9.53 Å². The Kier molecular flexibility index (Phi) is 5.75. The van der Waals surface area contributed by atoms with Crippen molar-refractivity contribution in [1.82, 2.24) is 10.3 Å². The average Bonchev–Trinajstić information content (AvgIpc) is 2.80. The summed E-state index contributed by atoms with van der Waals surface area (Å²) in [4.78, 5) is 16.2. The molecule has 1 aromatic rings. The summed E-state index contributed by atoms with van der Waals surface area (Å²) in [6.45, 7) is 8.12. The molecule has 0 fully saturated rings. The second kappa shape index (κ2) is 6.85. The molecule has 0 amide bonds. The number of rotatable bonds is 6. The summed E-state index contributed by atoms with van der Waals surface area (Å²) in [6.07, 6.45) is 0.926. The van der Waals surface area contributed by atoms with Gasteiger partial charge in [0.15, 0.2) is 0 Å². The Morgan fingerprint density at radius 2 is 2.22 bits per heavy atom. The molecule has 18 heavy (non-hydrogen) atoms. The van der Waals surface area contributed by atoms with Crippen molar-refractivity contribution in [1.29, 1.82) is 0 Å². The number of hydrogen-bond acceptors (Lipinski definition) is 5. The van der Waals surface area contributed by atoms with E-state index >= 15 is 0 Å². The predicted molar refractivity (Wildman–Crippen MR) is 73.7 cm³/mol. The van der Waals surface area contributed by atoms with Crippen LogP contribution in [0.2, 0.25) is 0 Å². The van der Waals surface area contributed by atoms with E-state index in [4.69, 9.17) is 4.74 Å². The van der Waals surface area contributed by atoms with Crippen LogP contribution in [0, 0.1) is 12.8 Å². The van der Waals surface area contributed by atoms with Gasteiger partial charge >= 0.3 is 5.97 Å². The first kappa shape index (κ1) is 15.1. The van der Waals surface area contributed by atoms with E-state index in [1.165, 1.54) is 7.11 Å². The van der Waals surface area contributed by atoms with Gasteiger partial charge in [-0.3, -0.25) is 10.1 Å². The summed E-state index contributed by atoms with van der Waals surface area (Å²) in [7, 11) is 1.43. The Labute approximate surface area is 113 Å². The molecule has 4 nitrogen and oxygen atoms in total.